The Morgan fingerprint density at radius 3 is 2.76 bits per heavy atom. The van der Waals surface area contributed by atoms with Gasteiger partial charge in [0.15, 0.2) is 5.13 Å². The fourth-order valence-corrected chi connectivity index (χ4v) is 5.26. The van der Waals surface area contributed by atoms with Crippen molar-refractivity contribution in [1.29, 1.82) is 0 Å². The lowest BCUT2D eigenvalue weighted by molar-refractivity contribution is -0.143. The Labute approximate surface area is 217 Å². The van der Waals surface area contributed by atoms with Crippen LogP contribution in [-0.4, -0.2) is 42.1 Å². The van der Waals surface area contributed by atoms with Crippen molar-refractivity contribution in [1.82, 2.24) is 25.0 Å². The molecule has 1 aliphatic carbocycles. The maximum absolute atomic E-state index is 14.5. The molecule has 3 heterocycles. The molecule has 11 heteroatoms. The standard InChI is InChI=1S/C26H27FN6O3S/c1-15-21(36-18-10-6-9-17(13-18)25(34)35)12-11-19(29-15)23-20(33(2)32-31-23)14-28-26-30-22(24(27)37-26)16-7-4-3-5-8-16/h3-5,7-8,11-12,17-18H,6,9-10,13-14H2,1-2H3,(H,28,30)(H,34,35). The highest BCUT2D eigenvalue weighted by Crippen LogP contribution is 2.32. The van der Waals surface area contributed by atoms with Gasteiger partial charge in [-0.15, -0.1) is 5.10 Å². The average molecular weight is 523 g/mol. The molecule has 0 amide bonds. The Bertz CT molecular complexity index is 1410. The molecule has 37 heavy (non-hydrogen) atoms. The number of carboxylic acids is 1. The molecule has 192 valence electrons. The number of ether oxygens (including phenoxy) is 1. The van der Waals surface area contributed by atoms with Gasteiger partial charge < -0.3 is 15.2 Å². The average Bonchev–Trinajstić information content (AvgIpc) is 3.46. The minimum Gasteiger partial charge on any atom is -0.489 e. The third-order valence-electron chi connectivity index (χ3n) is 6.53. The summed E-state index contributed by atoms with van der Waals surface area (Å²) in [5, 5.41) is 21.1. The molecule has 2 atom stereocenters. The zero-order chi connectivity index (χ0) is 25.9. The lowest BCUT2D eigenvalue weighted by atomic mass is 9.87. The smallest absolute Gasteiger partial charge is 0.306 e. The summed E-state index contributed by atoms with van der Waals surface area (Å²) in [5.41, 5.74) is 3.74. The molecular formula is C26H27FN6O3S. The number of carboxylic acid groups (broad SMARTS) is 1. The van der Waals surface area contributed by atoms with Crippen molar-refractivity contribution < 1.29 is 19.0 Å². The summed E-state index contributed by atoms with van der Waals surface area (Å²) in [6.45, 7) is 2.19. The van der Waals surface area contributed by atoms with E-state index in [-0.39, 0.29) is 17.2 Å². The highest BCUT2D eigenvalue weighted by atomic mass is 32.1. The number of rotatable bonds is 8. The number of halogens is 1. The monoisotopic (exact) mass is 522 g/mol. The van der Waals surface area contributed by atoms with Crippen LogP contribution in [0.3, 0.4) is 0 Å². The number of thiazole rings is 1. The normalized spacial score (nSPS) is 17.5. The summed E-state index contributed by atoms with van der Waals surface area (Å²) in [6.07, 6.45) is 2.71. The van der Waals surface area contributed by atoms with E-state index >= 15 is 0 Å². The van der Waals surface area contributed by atoms with Gasteiger partial charge in [0.2, 0.25) is 5.13 Å². The number of hydrogen-bond acceptors (Lipinski definition) is 8. The van der Waals surface area contributed by atoms with Crippen molar-refractivity contribution in [3.05, 3.63) is 59.0 Å². The number of aromatic nitrogens is 5. The molecule has 1 aromatic carbocycles. The van der Waals surface area contributed by atoms with Gasteiger partial charge in [-0.3, -0.25) is 4.79 Å². The quantitative estimate of drug-likeness (QED) is 0.329. The molecular weight excluding hydrogens is 495 g/mol. The van der Waals surface area contributed by atoms with E-state index in [1.165, 1.54) is 0 Å². The van der Waals surface area contributed by atoms with Crippen LogP contribution in [0.4, 0.5) is 9.52 Å². The first-order valence-corrected chi connectivity index (χ1v) is 12.9. The van der Waals surface area contributed by atoms with Crippen LogP contribution in [0.25, 0.3) is 22.6 Å². The van der Waals surface area contributed by atoms with Gasteiger partial charge in [-0.1, -0.05) is 46.9 Å². The second-order valence-electron chi connectivity index (χ2n) is 9.09. The zero-order valence-corrected chi connectivity index (χ0v) is 21.3. The molecule has 0 spiro atoms. The summed E-state index contributed by atoms with van der Waals surface area (Å²) in [4.78, 5) is 20.5. The molecule has 4 aromatic rings. The molecule has 3 aromatic heterocycles. The Kier molecular flexibility index (Phi) is 7.13. The van der Waals surface area contributed by atoms with Gasteiger partial charge in [-0.25, -0.2) is 14.6 Å². The predicted molar refractivity (Wildman–Crippen MR) is 138 cm³/mol. The molecule has 5 rings (SSSR count). The van der Waals surface area contributed by atoms with Crippen molar-refractivity contribution in [2.24, 2.45) is 13.0 Å². The van der Waals surface area contributed by atoms with Crippen LogP contribution in [-0.2, 0) is 18.4 Å². The maximum atomic E-state index is 14.5. The second kappa shape index (κ2) is 10.6. The van der Waals surface area contributed by atoms with Crippen LogP contribution >= 0.6 is 11.3 Å². The number of anilines is 1. The number of pyridine rings is 1. The third-order valence-corrected chi connectivity index (χ3v) is 7.33. The van der Waals surface area contributed by atoms with E-state index in [2.05, 4.69) is 20.6 Å². The van der Waals surface area contributed by atoms with Gasteiger partial charge in [-0.2, -0.15) is 4.39 Å². The van der Waals surface area contributed by atoms with E-state index in [0.717, 1.165) is 35.4 Å². The van der Waals surface area contributed by atoms with Crippen molar-refractivity contribution >= 4 is 22.4 Å². The molecule has 2 unspecified atom stereocenters. The van der Waals surface area contributed by atoms with Gasteiger partial charge in [0.25, 0.3) is 0 Å². The number of benzene rings is 1. The van der Waals surface area contributed by atoms with Crippen molar-refractivity contribution in [2.45, 2.75) is 45.3 Å². The molecule has 9 nitrogen and oxygen atoms in total. The van der Waals surface area contributed by atoms with Gasteiger partial charge >= 0.3 is 5.97 Å². The first-order valence-electron chi connectivity index (χ1n) is 12.1. The number of nitrogens with one attached hydrogen (secondary N) is 1. The summed E-state index contributed by atoms with van der Waals surface area (Å²) in [7, 11) is 1.79. The molecule has 1 aliphatic rings. The van der Waals surface area contributed by atoms with E-state index in [1.54, 1.807) is 11.7 Å². The van der Waals surface area contributed by atoms with E-state index in [9.17, 15) is 14.3 Å². The number of nitrogens with zero attached hydrogens (tertiary/aromatic N) is 5. The lowest BCUT2D eigenvalue weighted by Gasteiger charge is -2.27. The molecule has 1 saturated carbocycles. The van der Waals surface area contributed by atoms with Crippen molar-refractivity contribution in [3.8, 4) is 28.4 Å². The Morgan fingerprint density at radius 1 is 1.19 bits per heavy atom. The summed E-state index contributed by atoms with van der Waals surface area (Å²) in [5.74, 6) is -0.495. The molecule has 1 fully saturated rings. The molecule has 0 radical (unpaired) electrons. The molecule has 0 bridgehead atoms. The fraction of sp³-hybridized carbons (Fsp3) is 0.346. The topological polar surface area (TPSA) is 115 Å². The minimum absolute atomic E-state index is 0.142. The summed E-state index contributed by atoms with van der Waals surface area (Å²) in [6, 6.07) is 12.9. The first-order chi connectivity index (χ1) is 17.9. The number of hydrogen-bond donors (Lipinski definition) is 2. The van der Waals surface area contributed by atoms with Crippen molar-refractivity contribution in [3.63, 3.8) is 0 Å². The van der Waals surface area contributed by atoms with Gasteiger partial charge in [0.05, 0.1) is 35.6 Å². The van der Waals surface area contributed by atoms with E-state index in [4.69, 9.17) is 9.72 Å². The summed E-state index contributed by atoms with van der Waals surface area (Å²) < 4.78 is 22.3. The predicted octanol–water partition coefficient (Wildman–Crippen LogP) is 5.08. The van der Waals surface area contributed by atoms with E-state index < -0.39 is 5.97 Å². The number of aryl methyl sites for hydroxylation is 2. The highest BCUT2D eigenvalue weighted by molar-refractivity contribution is 7.14. The highest BCUT2D eigenvalue weighted by Gasteiger charge is 2.28. The maximum Gasteiger partial charge on any atom is 0.306 e. The zero-order valence-electron chi connectivity index (χ0n) is 20.5. The Hall–Kier alpha value is -3.86. The number of aliphatic carboxylic acids is 1. The van der Waals surface area contributed by atoms with Crippen LogP contribution in [0.1, 0.15) is 37.1 Å². The second-order valence-corrected chi connectivity index (χ2v) is 10.0. The largest absolute Gasteiger partial charge is 0.489 e. The fourth-order valence-electron chi connectivity index (χ4n) is 4.55. The molecule has 0 saturated heterocycles. The van der Waals surface area contributed by atoms with Gasteiger partial charge in [0, 0.05) is 12.6 Å². The van der Waals surface area contributed by atoms with Crippen molar-refractivity contribution in [2.75, 3.05) is 5.32 Å². The van der Waals surface area contributed by atoms with Crippen LogP contribution in [0.2, 0.25) is 0 Å². The van der Waals surface area contributed by atoms with E-state index in [0.29, 0.717) is 53.0 Å². The Morgan fingerprint density at radius 2 is 2.00 bits per heavy atom. The van der Waals surface area contributed by atoms with E-state index in [1.807, 2.05) is 49.4 Å². The SMILES string of the molecule is Cc1nc(-c2nnn(C)c2CNc2nc(-c3ccccc3)c(F)s2)ccc1OC1CCCC(C(=O)O)C1. The molecule has 0 aliphatic heterocycles. The minimum atomic E-state index is -0.765. The number of carbonyl (C=O) groups is 1. The third kappa shape index (κ3) is 5.46. The van der Waals surface area contributed by atoms with Crippen LogP contribution in [0, 0.1) is 18.0 Å². The summed E-state index contributed by atoms with van der Waals surface area (Å²) >= 11 is 0.953. The molecule has 2 N–H and O–H groups in total. The lowest BCUT2D eigenvalue weighted by Crippen LogP contribution is -2.29. The van der Waals surface area contributed by atoms with Crippen LogP contribution in [0.5, 0.6) is 5.75 Å². The van der Waals surface area contributed by atoms with Gasteiger partial charge in [-0.05, 0) is 44.7 Å². The van der Waals surface area contributed by atoms with Gasteiger partial charge in [0.1, 0.15) is 17.1 Å². The first kappa shape index (κ1) is 24.8. The Balaban J connectivity index is 1.30. The van der Waals surface area contributed by atoms with Crippen LogP contribution < -0.4 is 10.1 Å². The van der Waals surface area contributed by atoms with Crippen LogP contribution in [0.15, 0.2) is 42.5 Å².